The van der Waals surface area contributed by atoms with E-state index in [0.717, 1.165) is 42.3 Å². The van der Waals surface area contributed by atoms with E-state index in [1.165, 1.54) is 0 Å². The molecule has 3 rings (SSSR count). The Hall–Kier alpha value is -4.90. The molecule has 0 amide bonds. The highest BCUT2D eigenvalue weighted by Crippen LogP contribution is 2.33. The van der Waals surface area contributed by atoms with Gasteiger partial charge in [0.2, 0.25) is 0 Å². The Balaban J connectivity index is 2.26. The fourth-order valence-corrected chi connectivity index (χ4v) is 3.53. The summed E-state index contributed by atoms with van der Waals surface area (Å²) in [7, 11) is 0. The number of terminal acetylenes is 2. The van der Waals surface area contributed by atoms with E-state index in [9.17, 15) is 0 Å². The van der Waals surface area contributed by atoms with E-state index in [1.807, 2.05) is 60.7 Å². The Labute approximate surface area is 229 Å². The molecule has 0 aromatic heterocycles. The van der Waals surface area contributed by atoms with E-state index in [0.29, 0.717) is 0 Å². The topological polar surface area (TPSA) is 0 Å². The van der Waals surface area contributed by atoms with Crippen LogP contribution in [0.15, 0.2) is 69.6 Å². The Morgan fingerprint density at radius 1 is 0.444 bits per heavy atom. The summed E-state index contributed by atoms with van der Waals surface area (Å²) in [5.74, 6) is 37.3. The van der Waals surface area contributed by atoms with Crippen molar-refractivity contribution < 1.29 is 0 Å². The monoisotopic (exact) mass is 578 g/mol. The summed E-state index contributed by atoms with van der Waals surface area (Å²) in [6, 6.07) is 20.0. The minimum atomic E-state index is 0.797. The van der Waals surface area contributed by atoms with Crippen molar-refractivity contribution in [1.82, 2.24) is 0 Å². The SMILES string of the molecule is C#CC#CC#CC#Cc1cc(-c2ccc(Br)cc2)c(C#CC#CC#CC#C)cc1-c1ccc(Br)cc1. The van der Waals surface area contributed by atoms with Crippen LogP contribution in [0.4, 0.5) is 0 Å². The zero-order valence-corrected chi connectivity index (χ0v) is 21.9. The Kier molecular flexibility index (Phi) is 9.80. The molecule has 0 nitrogen and oxygen atoms in total. The van der Waals surface area contributed by atoms with Gasteiger partial charge in [-0.15, -0.1) is 12.8 Å². The van der Waals surface area contributed by atoms with Gasteiger partial charge in [-0.3, -0.25) is 0 Å². The second-order valence-corrected chi connectivity index (χ2v) is 8.58. The minimum absolute atomic E-state index is 0.797. The zero-order valence-electron chi connectivity index (χ0n) is 18.7. The van der Waals surface area contributed by atoms with Crippen molar-refractivity contribution in [3.05, 3.63) is 80.7 Å². The van der Waals surface area contributed by atoms with Crippen LogP contribution in [0.3, 0.4) is 0 Å². The normalized spacial score (nSPS) is 8.00. The molecule has 0 saturated carbocycles. The molecule has 0 aliphatic carbocycles. The summed E-state index contributed by atoms with van der Waals surface area (Å²) in [6.45, 7) is 0. The van der Waals surface area contributed by atoms with Crippen molar-refractivity contribution in [3.63, 3.8) is 0 Å². The molecule has 36 heavy (non-hydrogen) atoms. The molecule has 0 fully saturated rings. The van der Waals surface area contributed by atoms with Crippen LogP contribution >= 0.6 is 31.9 Å². The zero-order chi connectivity index (χ0) is 25.6. The van der Waals surface area contributed by atoms with Crippen molar-refractivity contribution >= 4 is 31.9 Å². The molecular formula is C34H12Br2. The van der Waals surface area contributed by atoms with E-state index < -0.39 is 0 Å². The maximum absolute atomic E-state index is 5.12. The Bertz CT molecular complexity index is 1630. The van der Waals surface area contributed by atoms with Gasteiger partial charge in [-0.25, -0.2) is 0 Å². The van der Waals surface area contributed by atoms with Crippen molar-refractivity contribution in [2.75, 3.05) is 0 Å². The van der Waals surface area contributed by atoms with Crippen molar-refractivity contribution in [1.29, 1.82) is 0 Å². The molecule has 162 valence electrons. The molecule has 0 heterocycles. The van der Waals surface area contributed by atoms with Gasteiger partial charge in [0, 0.05) is 20.1 Å². The first-order valence-electron chi connectivity index (χ1n) is 10.3. The van der Waals surface area contributed by atoms with Crippen LogP contribution in [0, 0.1) is 95.7 Å². The molecule has 3 aromatic rings. The molecule has 0 N–H and O–H groups in total. The molecule has 2 heteroatoms. The van der Waals surface area contributed by atoms with Crippen LogP contribution in [0.5, 0.6) is 0 Å². The lowest BCUT2D eigenvalue weighted by atomic mass is 9.91. The third-order valence-electron chi connectivity index (χ3n) is 4.51. The highest BCUT2D eigenvalue weighted by molar-refractivity contribution is 9.10. The molecular weight excluding hydrogens is 568 g/mol. The molecule has 0 atom stereocenters. The standard InChI is InChI=1S/C34H12Br2/c1-3-5-7-9-11-13-15-29-25-34(28-19-23-32(36)24-20-28)30(16-14-12-10-8-6-4-2)26-33(29)27-17-21-31(35)22-18-27/h1-2,17-26H. The van der Waals surface area contributed by atoms with Gasteiger partial charge >= 0.3 is 0 Å². The maximum Gasteiger partial charge on any atom is 0.0341 e. The van der Waals surface area contributed by atoms with Crippen LogP contribution in [0.1, 0.15) is 11.1 Å². The second-order valence-electron chi connectivity index (χ2n) is 6.75. The molecule has 0 unspecified atom stereocenters. The largest absolute Gasteiger partial charge is 0.106 e. The summed E-state index contributed by atoms with van der Waals surface area (Å²) in [4.78, 5) is 0. The highest BCUT2D eigenvalue weighted by Gasteiger charge is 2.12. The predicted octanol–water partition coefficient (Wildman–Crippen LogP) is 6.53. The lowest BCUT2D eigenvalue weighted by Gasteiger charge is -2.12. The van der Waals surface area contributed by atoms with Gasteiger partial charge in [-0.2, -0.15) is 0 Å². The van der Waals surface area contributed by atoms with E-state index in [-0.39, 0.29) is 0 Å². The summed E-state index contributed by atoms with van der Waals surface area (Å²) >= 11 is 6.99. The van der Waals surface area contributed by atoms with Gasteiger partial charge in [0.05, 0.1) is 0 Å². The third kappa shape index (κ3) is 7.57. The number of benzene rings is 3. The summed E-state index contributed by atoms with van der Waals surface area (Å²) in [6.07, 6.45) is 10.2. The van der Waals surface area contributed by atoms with E-state index >= 15 is 0 Å². The molecule has 0 aliphatic heterocycles. The fourth-order valence-electron chi connectivity index (χ4n) is 3.00. The average molecular weight is 580 g/mol. The summed E-state index contributed by atoms with van der Waals surface area (Å²) in [5.41, 5.74) is 5.39. The van der Waals surface area contributed by atoms with Crippen LogP contribution < -0.4 is 0 Å². The summed E-state index contributed by atoms with van der Waals surface area (Å²) < 4.78 is 1.96. The minimum Gasteiger partial charge on any atom is -0.106 e. The van der Waals surface area contributed by atoms with E-state index in [4.69, 9.17) is 12.8 Å². The molecule has 0 saturated heterocycles. The van der Waals surface area contributed by atoms with Gasteiger partial charge in [0.1, 0.15) is 0 Å². The van der Waals surface area contributed by atoms with Crippen molar-refractivity contribution in [2.24, 2.45) is 0 Å². The number of halogens is 2. The van der Waals surface area contributed by atoms with Gasteiger partial charge in [-0.05, 0) is 130 Å². The predicted molar refractivity (Wildman–Crippen MR) is 155 cm³/mol. The van der Waals surface area contributed by atoms with Gasteiger partial charge in [0.25, 0.3) is 0 Å². The Morgan fingerprint density at radius 2 is 0.778 bits per heavy atom. The first kappa shape index (κ1) is 25.7. The van der Waals surface area contributed by atoms with E-state index in [2.05, 4.69) is 115 Å². The molecule has 3 aromatic carbocycles. The maximum atomic E-state index is 5.12. The highest BCUT2D eigenvalue weighted by atomic mass is 79.9. The van der Waals surface area contributed by atoms with E-state index in [1.54, 1.807) is 0 Å². The lowest BCUT2D eigenvalue weighted by molar-refractivity contribution is 1.52. The molecule has 0 spiro atoms. The second kappa shape index (κ2) is 13.7. The molecule has 0 radical (unpaired) electrons. The third-order valence-corrected chi connectivity index (χ3v) is 5.56. The van der Waals surface area contributed by atoms with Crippen LogP contribution in [-0.4, -0.2) is 0 Å². The average Bonchev–Trinajstić information content (AvgIpc) is 2.89. The number of rotatable bonds is 2. The lowest BCUT2D eigenvalue weighted by Crippen LogP contribution is -1.92. The summed E-state index contributed by atoms with van der Waals surface area (Å²) in [5, 5.41) is 0. The number of hydrogen-bond donors (Lipinski definition) is 0. The Morgan fingerprint density at radius 3 is 1.14 bits per heavy atom. The van der Waals surface area contributed by atoms with Gasteiger partial charge in [-0.1, -0.05) is 68.0 Å². The molecule has 0 aliphatic rings. The first-order valence-corrected chi connectivity index (χ1v) is 11.8. The van der Waals surface area contributed by atoms with Gasteiger partial charge < -0.3 is 0 Å². The number of hydrogen-bond acceptors (Lipinski definition) is 0. The van der Waals surface area contributed by atoms with Gasteiger partial charge in [0.15, 0.2) is 0 Å². The van der Waals surface area contributed by atoms with Crippen LogP contribution in [-0.2, 0) is 0 Å². The van der Waals surface area contributed by atoms with Crippen LogP contribution in [0.25, 0.3) is 22.3 Å². The van der Waals surface area contributed by atoms with Crippen molar-refractivity contribution in [2.45, 2.75) is 0 Å². The van der Waals surface area contributed by atoms with Crippen LogP contribution in [0.2, 0.25) is 0 Å². The fraction of sp³-hybridized carbons (Fsp3) is 0. The molecule has 0 bridgehead atoms. The quantitative estimate of drug-likeness (QED) is 0.303. The smallest absolute Gasteiger partial charge is 0.0341 e. The van der Waals surface area contributed by atoms with Crippen molar-refractivity contribution in [3.8, 4) is 118 Å². The first-order chi connectivity index (χ1) is 17.6.